The highest BCUT2D eigenvalue weighted by atomic mass is 32.2. The Morgan fingerprint density at radius 1 is 0.571 bits per heavy atom. The van der Waals surface area contributed by atoms with Crippen molar-refractivity contribution in [2.45, 2.75) is 9.79 Å². The number of nitrogens with two attached hydrogens (primary N) is 2. The molecule has 0 amide bonds. The van der Waals surface area contributed by atoms with E-state index < -0.39 is 21.8 Å². The van der Waals surface area contributed by atoms with Crippen molar-refractivity contribution in [1.82, 2.24) is 0 Å². The predicted molar refractivity (Wildman–Crippen MR) is 132 cm³/mol. The van der Waals surface area contributed by atoms with Crippen molar-refractivity contribution < 1.29 is 28.2 Å². The summed E-state index contributed by atoms with van der Waals surface area (Å²) in [5.41, 5.74) is 12.5. The number of carbonyl (C=O) groups is 2. The number of benzene rings is 4. The molecule has 0 radical (unpaired) electrons. The van der Waals surface area contributed by atoms with Gasteiger partial charge in [0.05, 0.1) is 20.9 Å². The highest BCUT2D eigenvalue weighted by Gasteiger charge is 2.30. The highest BCUT2D eigenvalue weighted by molar-refractivity contribution is 7.91. The normalized spacial score (nSPS) is 11.2. The van der Waals surface area contributed by atoms with E-state index in [1.807, 2.05) is 0 Å². The van der Waals surface area contributed by atoms with E-state index in [1.54, 1.807) is 0 Å². The van der Waals surface area contributed by atoms with Gasteiger partial charge in [-0.15, -0.1) is 0 Å². The summed E-state index contributed by atoms with van der Waals surface area (Å²) in [6, 6.07) is 20.2. The SMILES string of the molecule is Nc1ccc(-c2c(C(=O)O)cccc2S(=O)(=O)c2cccc(C(=O)O)c2-c2ccc(N)cc2)cc1. The van der Waals surface area contributed by atoms with E-state index >= 15 is 0 Å². The second kappa shape index (κ2) is 8.96. The molecule has 35 heavy (non-hydrogen) atoms. The van der Waals surface area contributed by atoms with Crippen LogP contribution in [-0.2, 0) is 9.84 Å². The van der Waals surface area contributed by atoms with Crippen LogP contribution in [0, 0.1) is 0 Å². The van der Waals surface area contributed by atoms with Crippen LogP contribution in [0.25, 0.3) is 22.3 Å². The first kappa shape index (κ1) is 23.5. The molecule has 176 valence electrons. The van der Waals surface area contributed by atoms with E-state index in [4.69, 9.17) is 11.5 Å². The third-order valence-electron chi connectivity index (χ3n) is 5.49. The molecule has 0 saturated carbocycles. The van der Waals surface area contributed by atoms with E-state index in [9.17, 15) is 28.2 Å². The first-order chi connectivity index (χ1) is 16.6. The first-order valence-corrected chi connectivity index (χ1v) is 11.8. The minimum atomic E-state index is -4.42. The zero-order valence-electron chi connectivity index (χ0n) is 18.2. The second-order valence-electron chi connectivity index (χ2n) is 7.72. The Bertz CT molecular complexity index is 1450. The number of anilines is 2. The molecule has 0 aliphatic carbocycles. The molecule has 0 aliphatic rings. The standard InChI is InChI=1S/C26H20N2O6S/c27-17-11-7-15(8-12-17)23-19(25(29)30)3-1-5-21(23)35(33,34)22-6-2-4-20(26(31)32)24(22)16-9-13-18(28)14-10-16/h1-14H,27-28H2,(H,29,30)(H,31,32). The lowest BCUT2D eigenvalue weighted by atomic mass is 9.99. The number of carboxylic acid groups (broad SMARTS) is 2. The van der Waals surface area contributed by atoms with Crippen molar-refractivity contribution in [1.29, 1.82) is 0 Å². The average molecular weight is 489 g/mol. The summed E-state index contributed by atoms with van der Waals surface area (Å²) in [4.78, 5) is 23.5. The lowest BCUT2D eigenvalue weighted by molar-refractivity contribution is 0.0686. The van der Waals surface area contributed by atoms with Crippen LogP contribution in [0.4, 0.5) is 11.4 Å². The Morgan fingerprint density at radius 2 is 0.914 bits per heavy atom. The monoisotopic (exact) mass is 488 g/mol. The number of hydrogen-bond donors (Lipinski definition) is 4. The van der Waals surface area contributed by atoms with Gasteiger partial charge in [0, 0.05) is 22.5 Å². The molecule has 4 aromatic carbocycles. The lowest BCUT2D eigenvalue weighted by Gasteiger charge is -2.17. The van der Waals surface area contributed by atoms with Gasteiger partial charge < -0.3 is 21.7 Å². The van der Waals surface area contributed by atoms with Crippen LogP contribution in [0.5, 0.6) is 0 Å². The maximum Gasteiger partial charge on any atom is 0.336 e. The van der Waals surface area contributed by atoms with Gasteiger partial charge in [0.2, 0.25) is 9.84 Å². The number of nitrogen functional groups attached to an aromatic ring is 2. The Kier molecular flexibility index (Phi) is 6.02. The van der Waals surface area contributed by atoms with E-state index in [0.717, 1.165) is 0 Å². The molecule has 0 saturated heterocycles. The molecule has 0 aromatic heterocycles. The molecule has 4 aromatic rings. The van der Waals surface area contributed by atoms with Gasteiger partial charge in [0.25, 0.3) is 0 Å². The van der Waals surface area contributed by atoms with Gasteiger partial charge in [-0.3, -0.25) is 0 Å². The average Bonchev–Trinajstić information content (AvgIpc) is 2.84. The third kappa shape index (κ3) is 4.32. The molecule has 0 unspecified atom stereocenters. The molecule has 0 bridgehead atoms. The summed E-state index contributed by atoms with van der Waals surface area (Å²) < 4.78 is 28.1. The topological polar surface area (TPSA) is 161 Å². The predicted octanol–water partition coefficient (Wildman–Crippen LogP) is 4.41. The van der Waals surface area contributed by atoms with Gasteiger partial charge in [-0.1, -0.05) is 36.4 Å². The van der Waals surface area contributed by atoms with Gasteiger partial charge in [-0.25, -0.2) is 18.0 Å². The van der Waals surface area contributed by atoms with Crippen molar-refractivity contribution in [3.05, 3.63) is 96.1 Å². The van der Waals surface area contributed by atoms with Crippen LogP contribution in [0.2, 0.25) is 0 Å². The number of carboxylic acids is 2. The second-order valence-corrected chi connectivity index (χ2v) is 9.60. The summed E-state index contributed by atoms with van der Waals surface area (Å²) in [6.07, 6.45) is 0. The van der Waals surface area contributed by atoms with Gasteiger partial charge in [-0.2, -0.15) is 0 Å². The van der Waals surface area contributed by atoms with E-state index in [2.05, 4.69) is 0 Å². The van der Waals surface area contributed by atoms with Gasteiger partial charge in [-0.05, 0) is 59.7 Å². The Hall–Kier alpha value is -4.63. The van der Waals surface area contributed by atoms with Crippen molar-refractivity contribution in [3.63, 3.8) is 0 Å². The Balaban J connectivity index is 2.07. The lowest BCUT2D eigenvalue weighted by Crippen LogP contribution is -2.12. The van der Waals surface area contributed by atoms with Crippen LogP contribution >= 0.6 is 0 Å². The van der Waals surface area contributed by atoms with E-state index in [1.165, 1.54) is 84.9 Å². The summed E-state index contributed by atoms with van der Waals surface area (Å²) in [7, 11) is -4.42. The fourth-order valence-corrected chi connectivity index (χ4v) is 5.63. The number of aromatic carboxylic acids is 2. The van der Waals surface area contributed by atoms with Gasteiger partial charge in [0.1, 0.15) is 0 Å². The quantitative estimate of drug-likeness (QED) is 0.290. The smallest absolute Gasteiger partial charge is 0.336 e. The van der Waals surface area contributed by atoms with E-state index in [-0.39, 0.29) is 32.0 Å². The van der Waals surface area contributed by atoms with Crippen LogP contribution < -0.4 is 11.5 Å². The van der Waals surface area contributed by atoms with Crippen LogP contribution in [-0.4, -0.2) is 30.6 Å². The molecular weight excluding hydrogens is 468 g/mol. The maximum atomic E-state index is 14.1. The minimum absolute atomic E-state index is 0.0241. The summed E-state index contributed by atoms with van der Waals surface area (Å²) in [5, 5.41) is 19.6. The zero-order chi connectivity index (χ0) is 25.3. The third-order valence-corrected chi connectivity index (χ3v) is 7.33. The molecule has 9 heteroatoms. The Labute approximate surface area is 201 Å². The molecular formula is C26H20N2O6S. The fourth-order valence-electron chi connectivity index (χ4n) is 3.88. The summed E-state index contributed by atoms with van der Waals surface area (Å²) in [6.45, 7) is 0. The van der Waals surface area contributed by atoms with Crippen molar-refractivity contribution in [3.8, 4) is 22.3 Å². The van der Waals surface area contributed by atoms with E-state index in [0.29, 0.717) is 22.5 Å². The number of sulfone groups is 1. The molecule has 0 atom stereocenters. The maximum absolute atomic E-state index is 14.1. The fraction of sp³-hybridized carbons (Fsp3) is 0. The number of rotatable bonds is 6. The molecule has 8 nitrogen and oxygen atoms in total. The molecule has 6 N–H and O–H groups in total. The van der Waals surface area contributed by atoms with Gasteiger partial charge >= 0.3 is 11.9 Å². The van der Waals surface area contributed by atoms with Crippen LogP contribution in [0.1, 0.15) is 20.7 Å². The van der Waals surface area contributed by atoms with Crippen molar-refractivity contribution in [2.75, 3.05) is 11.5 Å². The Morgan fingerprint density at radius 3 is 1.23 bits per heavy atom. The number of hydrogen-bond acceptors (Lipinski definition) is 6. The molecule has 4 rings (SSSR count). The summed E-state index contributed by atoms with van der Waals surface area (Å²) >= 11 is 0. The first-order valence-electron chi connectivity index (χ1n) is 10.3. The minimum Gasteiger partial charge on any atom is -0.478 e. The molecule has 0 fully saturated rings. The van der Waals surface area contributed by atoms with Crippen molar-refractivity contribution >= 4 is 33.2 Å². The molecule has 0 heterocycles. The van der Waals surface area contributed by atoms with Crippen molar-refractivity contribution in [2.24, 2.45) is 0 Å². The van der Waals surface area contributed by atoms with Crippen LogP contribution in [0.3, 0.4) is 0 Å². The molecule has 0 aliphatic heterocycles. The zero-order valence-corrected chi connectivity index (χ0v) is 19.0. The largest absolute Gasteiger partial charge is 0.478 e. The molecule has 0 spiro atoms. The highest BCUT2D eigenvalue weighted by Crippen LogP contribution is 2.39. The van der Waals surface area contributed by atoms with Gasteiger partial charge in [0.15, 0.2) is 0 Å². The van der Waals surface area contributed by atoms with Crippen LogP contribution in [0.15, 0.2) is 94.7 Å². The summed E-state index contributed by atoms with van der Waals surface area (Å²) in [5.74, 6) is -2.63.